The van der Waals surface area contributed by atoms with E-state index in [0.717, 1.165) is 4.31 Å². The summed E-state index contributed by atoms with van der Waals surface area (Å²) in [6.45, 7) is 0. The molecule has 0 saturated heterocycles. The highest BCUT2D eigenvalue weighted by Gasteiger charge is 2.16. The van der Waals surface area contributed by atoms with E-state index in [0.29, 0.717) is 16.3 Å². The van der Waals surface area contributed by atoms with Crippen LogP contribution in [0.4, 0.5) is 5.69 Å². The lowest BCUT2D eigenvalue weighted by atomic mass is 10.2. The Morgan fingerprint density at radius 1 is 1.11 bits per heavy atom. The summed E-state index contributed by atoms with van der Waals surface area (Å²) in [4.78, 5) is 12.1. The molecule has 2 rings (SSSR count). The van der Waals surface area contributed by atoms with Gasteiger partial charge in [0.05, 0.1) is 4.90 Å². The molecule has 0 aliphatic heterocycles. The molecule has 142 valence electrons. The van der Waals surface area contributed by atoms with Crippen LogP contribution in [0, 0.1) is 0 Å². The number of carbonyl (C=O) groups excluding carboxylic acids is 1. The van der Waals surface area contributed by atoms with E-state index in [9.17, 15) is 13.2 Å². The van der Waals surface area contributed by atoms with Crippen molar-refractivity contribution < 1.29 is 13.2 Å². The molecule has 2 aromatic rings. The summed E-state index contributed by atoms with van der Waals surface area (Å²) in [5.74, 6) is -0.417. The van der Waals surface area contributed by atoms with Crippen molar-refractivity contribution in [3.05, 3.63) is 65.2 Å². The van der Waals surface area contributed by atoms with Crippen molar-refractivity contribution >= 4 is 56.6 Å². The monoisotopic (exact) mass is 423 g/mol. The largest absolute Gasteiger partial charge is 0.332 e. The van der Waals surface area contributed by atoms with E-state index in [2.05, 4.69) is 10.6 Å². The van der Waals surface area contributed by atoms with Gasteiger partial charge in [-0.2, -0.15) is 0 Å². The van der Waals surface area contributed by atoms with Gasteiger partial charge in [-0.05, 0) is 54.2 Å². The van der Waals surface area contributed by atoms with Crippen LogP contribution in [0.1, 0.15) is 5.56 Å². The third-order valence-corrected chi connectivity index (χ3v) is 5.82. The number of benzene rings is 2. The quantitative estimate of drug-likeness (QED) is 0.570. The molecule has 0 atom stereocenters. The third-order valence-electron chi connectivity index (χ3n) is 3.45. The van der Waals surface area contributed by atoms with Crippen LogP contribution in [0.15, 0.2) is 59.5 Å². The maximum absolute atomic E-state index is 12.0. The summed E-state index contributed by atoms with van der Waals surface area (Å²) in [5, 5.41) is 5.95. The lowest BCUT2D eigenvalue weighted by molar-refractivity contribution is -0.115. The maximum Gasteiger partial charge on any atom is 0.250 e. The summed E-state index contributed by atoms with van der Waals surface area (Å²) in [7, 11) is -0.574. The molecule has 6 nitrogen and oxygen atoms in total. The minimum Gasteiger partial charge on any atom is -0.332 e. The summed E-state index contributed by atoms with van der Waals surface area (Å²) in [5.41, 5.74) is 1.26. The first-order chi connectivity index (χ1) is 12.7. The number of thiocarbonyl (C=S) groups is 1. The van der Waals surface area contributed by atoms with Gasteiger partial charge in [-0.1, -0.05) is 29.8 Å². The van der Waals surface area contributed by atoms with Gasteiger partial charge in [-0.25, -0.2) is 12.7 Å². The number of hydrogen-bond donors (Lipinski definition) is 2. The first-order valence-corrected chi connectivity index (χ1v) is 10.00. The molecule has 0 radical (unpaired) electrons. The van der Waals surface area contributed by atoms with Gasteiger partial charge in [0.1, 0.15) is 0 Å². The minimum absolute atomic E-state index is 0.0898. The van der Waals surface area contributed by atoms with Crippen molar-refractivity contribution in [2.24, 2.45) is 0 Å². The van der Waals surface area contributed by atoms with Gasteiger partial charge >= 0.3 is 0 Å². The third kappa shape index (κ3) is 5.86. The Labute approximate surface area is 168 Å². The first-order valence-electron chi connectivity index (χ1n) is 7.77. The lowest BCUT2D eigenvalue weighted by Gasteiger charge is -2.12. The van der Waals surface area contributed by atoms with Crippen LogP contribution in [0.3, 0.4) is 0 Å². The van der Waals surface area contributed by atoms with E-state index in [1.165, 1.54) is 32.3 Å². The number of rotatable bonds is 5. The number of sulfonamides is 1. The van der Waals surface area contributed by atoms with Crippen molar-refractivity contribution in [3.8, 4) is 0 Å². The standard InChI is InChI=1S/C18H18ClN3O3S2/c1-22(2)27(24,25)15-10-8-14(9-11-15)20-18(26)21-17(23)12-7-13-5-3-4-6-16(13)19/h3-12H,1-2H3,(H2,20,21,23,26). The van der Waals surface area contributed by atoms with E-state index < -0.39 is 15.9 Å². The second-order valence-corrected chi connectivity index (χ2v) is 8.58. The Kier molecular flexibility index (Phi) is 7.09. The van der Waals surface area contributed by atoms with Crippen LogP contribution in [0.25, 0.3) is 6.08 Å². The normalized spacial score (nSPS) is 11.6. The molecule has 0 bridgehead atoms. The summed E-state index contributed by atoms with van der Waals surface area (Å²) >= 11 is 11.1. The number of halogens is 1. The average molecular weight is 424 g/mol. The molecular formula is C18H18ClN3O3S2. The van der Waals surface area contributed by atoms with E-state index in [1.54, 1.807) is 36.4 Å². The second-order valence-electron chi connectivity index (χ2n) is 5.61. The van der Waals surface area contributed by atoms with Crippen molar-refractivity contribution in [3.63, 3.8) is 0 Å². The Morgan fingerprint density at radius 2 is 1.74 bits per heavy atom. The molecule has 2 aromatic carbocycles. The van der Waals surface area contributed by atoms with Crippen LogP contribution in [-0.2, 0) is 14.8 Å². The number of hydrogen-bond acceptors (Lipinski definition) is 4. The number of nitrogens with zero attached hydrogens (tertiary/aromatic N) is 1. The topological polar surface area (TPSA) is 78.5 Å². The van der Waals surface area contributed by atoms with Gasteiger partial charge in [0, 0.05) is 30.9 Å². The van der Waals surface area contributed by atoms with Gasteiger partial charge in [-0.15, -0.1) is 0 Å². The molecule has 0 fully saturated rings. The Morgan fingerprint density at radius 3 is 2.33 bits per heavy atom. The smallest absolute Gasteiger partial charge is 0.250 e. The summed E-state index contributed by atoms with van der Waals surface area (Å²) in [6.07, 6.45) is 2.91. The molecule has 2 N–H and O–H groups in total. The number of carbonyl (C=O) groups is 1. The zero-order chi connectivity index (χ0) is 20.0. The zero-order valence-corrected chi connectivity index (χ0v) is 17.0. The Balaban J connectivity index is 1.95. The number of nitrogens with one attached hydrogen (secondary N) is 2. The molecular weight excluding hydrogens is 406 g/mol. The molecule has 1 amide bonds. The van der Waals surface area contributed by atoms with Crippen LogP contribution in [-0.4, -0.2) is 37.8 Å². The van der Waals surface area contributed by atoms with Crippen LogP contribution in [0.2, 0.25) is 5.02 Å². The van der Waals surface area contributed by atoms with E-state index in [-0.39, 0.29) is 10.0 Å². The summed E-state index contributed by atoms with van der Waals surface area (Å²) in [6, 6.07) is 13.2. The number of anilines is 1. The molecule has 0 saturated carbocycles. The van der Waals surface area contributed by atoms with E-state index in [1.807, 2.05) is 6.07 Å². The average Bonchev–Trinajstić information content (AvgIpc) is 2.61. The summed E-state index contributed by atoms with van der Waals surface area (Å²) < 4.78 is 25.2. The fraction of sp³-hybridized carbons (Fsp3) is 0.111. The maximum atomic E-state index is 12.0. The SMILES string of the molecule is CN(C)S(=O)(=O)c1ccc(NC(=S)NC(=O)C=Cc2ccccc2Cl)cc1. The highest BCUT2D eigenvalue weighted by atomic mass is 35.5. The van der Waals surface area contributed by atoms with Gasteiger partial charge in [-0.3, -0.25) is 10.1 Å². The highest BCUT2D eigenvalue weighted by Crippen LogP contribution is 2.17. The van der Waals surface area contributed by atoms with Crippen LogP contribution >= 0.6 is 23.8 Å². The molecule has 0 unspecified atom stereocenters. The van der Waals surface area contributed by atoms with Crippen molar-refractivity contribution in [2.75, 3.05) is 19.4 Å². The van der Waals surface area contributed by atoms with Gasteiger partial charge in [0.15, 0.2) is 5.11 Å². The molecule has 0 spiro atoms. The van der Waals surface area contributed by atoms with Gasteiger partial charge in [0.25, 0.3) is 0 Å². The fourth-order valence-corrected chi connectivity index (χ4v) is 3.33. The second kappa shape index (κ2) is 9.09. The first kappa shape index (κ1) is 21.0. The predicted octanol–water partition coefficient (Wildman–Crippen LogP) is 3.12. The predicted molar refractivity (Wildman–Crippen MR) is 112 cm³/mol. The van der Waals surface area contributed by atoms with Crippen LogP contribution < -0.4 is 10.6 Å². The minimum atomic E-state index is -3.50. The van der Waals surface area contributed by atoms with Crippen molar-refractivity contribution in [2.45, 2.75) is 4.90 Å². The molecule has 9 heteroatoms. The van der Waals surface area contributed by atoms with Crippen molar-refractivity contribution in [1.29, 1.82) is 0 Å². The van der Waals surface area contributed by atoms with Crippen LogP contribution in [0.5, 0.6) is 0 Å². The Bertz CT molecular complexity index is 972. The highest BCUT2D eigenvalue weighted by molar-refractivity contribution is 7.89. The molecule has 27 heavy (non-hydrogen) atoms. The molecule has 0 heterocycles. The number of amides is 1. The van der Waals surface area contributed by atoms with Crippen molar-refractivity contribution in [1.82, 2.24) is 9.62 Å². The zero-order valence-electron chi connectivity index (χ0n) is 14.6. The van der Waals surface area contributed by atoms with E-state index in [4.69, 9.17) is 23.8 Å². The Hall–Kier alpha value is -2.26. The van der Waals surface area contributed by atoms with Gasteiger partial charge < -0.3 is 5.32 Å². The molecule has 0 aliphatic rings. The molecule has 0 aromatic heterocycles. The lowest BCUT2D eigenvalue weighted by Crippen LogP contribution is -2.32. The van der Waals surface area contributed by atoms with Gasteiger partial charge in [0.2, 0.25) is 15.9 Å². The molecule has 0 aliphatic carbocycles. The fourth-order valence-electron chi connectivity index (χ4n) is 2.01. The van der Waals surface area contributed by atoms with E-state index >= 15 is 0 Å².